The van der Waals surface area contributed by atoms with Crippen molar-refractivity contribution in [3.05, 3.63) is 33.9 Å². The molecule has 0 bridgehead atoms. The molecule has 1 aliphatic carbocycles. The molecule has 1 aromatic carbocycles. The molecule has 3 rings (SSSR count). The SMILES string of the molecule is O=C1CC1.O=[N+]([O-])c1ccc2c(c1)CCN2. The number of carbonyl (C=O) groups excluding carboxylic acids is 1. The van der Waals surface area contributed by atoms with E-state index in [-0.39, 0.29) is 10.6 Å². The number of Topliss-reactive ketones (excluding diaryl/α,β-unsaturated/α-hetero) is 1. The van der Waals surface area contributed by atoms with Gasteiger partial charge in [0.25, 0.3) is 5.69 Å². The van der Waals surface area contributed by atoms with Crippen LogP contribution in [-0.2, 0) is 11.2 Å². The molecule has 1 saturated carbocycles. The van der Waals surface area contributed by atoms with Crippen molar-refractivity contribution in [2.24, 2.45) is 0 Å². The number of fused-ring (bicyclic) bond motifs is 1. The quantitative estimate of drug-likeness (QED) is 0.579. The van der Waals surface area contributed by atoms with Crippen LogP contribution in [0, 0.1) is 10.1 Å². The van der Waals surface area contributed by atoms with Gasteiger partial charge in [-0.05, 0) is 18.1 Å². The minimum atomic E-state index is -0.362. The number of hydrogen-bond donors (Lipinski definition) is 1. The highest BCUT2D eigenvalue weighted by Crippen LogP contribution is 2.25. The van der Waals surface area contributed by atoms with Crippen LogP contribution in [-0.4, -0.2) is 17.3 Å². The Morgan fingerprint density at radius 3 is 2.50 bits per heavy atom. The highest BCUT2D eigenvalue weighted by atomic mass is 16.6. The molecular weight excluding hydrogens is 208 g/mol. The molecule has 0 saturated heterocycles. The molecule has 0 amide bonds. The van der Waals surface area contributed by atoms with Gasteiger partial charge in [0.2, 0.25) is 0 Å². The largest absolute Gasteiger partial charge is 0.384 e. The highest BCUT2D eigenvalue weighted by Gasteiger charge is 2.14. The summed E-state index contributed by atoms with van der Waals surface area (Å²) in [4.78, 5) is 19.6. The Balaban J connectivity index is 0.000000203. The first kappa shape index (κ1) is 10.6. The third-order valence-corrected chi connectivity index (χ3v) is 2.46. The predicted molar refractivity (Wildman–Crippen MR) is 59.5 cm³/mol. The standard InChI is InChI=1S/C8H8N2O2.C3H4O/c11-10(12)7-1-2-8-6(5-7)3-4-9-8;4-3-1-2-3/h1-2,5,9H,3-4H2;1-2H2. The van der Waals surface area contributed by atoms with Gasteiger partial charge in [0.15, 0.2) is 0 Å². The van der Waals surface area contributed by atoms with Gasteiger partial charge in [-0.1, -0.05) is 0 Å². The summed E-state index contributed by atoms with van der Waals surface area (Å²) in [6, 6.07) is 4.92. The van der Waals surface area contributed by atoms with Gasteiger partial charge < -0.3 is 5.32 Å². The normalized spacial score (nSPS) is 15.6. The maximum atomic E-state index is 10.4. The van der Waals surface area contributed by atoms with E-state index in [0.29, 0.717) is 5.78 Å². The number of ketones is 1. The lowest BCUT2D eigenvalue weighted by molar-refractivity contribution is -0.384. The van der Waals surface area contributed by atoms with Gasteiger partial charge in [-0.25, -0.2) is 0 Å². The third-order valence-electron chi connectivity index (χ3n) is 2.46. The molecule has 0 spiro atoms. The van der Waals surface area contributed by atoms with Crippen molar-refractivity contribution < 1.29 is 9.72 Å². The van der Waals surface area contributed by atoms with E-state index in [1.807, 2.05) is 0 Å². The lowest BCUT2D eigenvalue weighted by atomic mass is 10.1. The number of nitrogens with zero attached hydrogens (tertiary/aromatic N) is 1. The molecule has 1 aromatic rings. The van der Waals surface area contributed by atoms with Crippen molar-refractivity contribution in [1.29, 1.82) is 0 Å². The lowest BCUT2D eigenvalue weighted by Gasteiger charge is -1.97. The number of benzene rings is 1. The molecule has 16 heavy (non-hydrogen) atoms. The van der Waals surface area contributed by atoms with E-state index in [0.717, 1.165) is 37.1 Å². The second-order valence-electron chi connectivity index (χ2n) is 3.81. The number of nitro benzene ring substituents is 1. The summed E-state index contributed by atoms with van der Waals surface area (Å²) in [5.41, 5.74) is 2.25. The fourth-order valence-electron chi connectivity index (χ4n) is 1.46. The first-order chi connectivity index (χ1) is 7.66. The Kier molecular flexibility index (Phi) is 2.85. The van der Waals surface area contributed by atoms with Crippen molar-refractivity contribution in [3.63, 3.8) is 0 Å². The summed E-state index contributed by atoms with van der Waals surface area (Å²) in [6.07, 6.45) is 2.58. The summed E-state index contributed by atoms with van der Waals surface area (Å²) in [7, 11) is 0. The van der Waals surface area contributed by atoms with Crippen molar-refractivity contribution >= 4 is 17.2 Å². The fourth-order valence-corrected chi connectivity index (χ4v) is 1.46. The summed E-state index contributed by atoms with van der Waals surface area (Å²) in [5.74, 6) is 0.417. The number of nitrogens with one attached hydrogen (secondary N) is 1. The van der Waals surface area contributed by atoms with Gasteiger partial charge in [-0.3, -0.25) is 14.9 Å². The molecule has 2 aliphatic rings. The molecule has 0 radical (unpaired) electrons. The smallest absolute Gasteiger partial charge is 0.269 e. The van der Waals surface area contributed by atoms with E-state index in [1.54, 1.807) is 12.1 Å². The second-order valence-corrected chi connectivity index (χ2v) is 3.81. The Labute approximate surface area is 92.6 Å². The first-order valence-corrected chi connectivity index (χ1v) is 5.20. The Morgan fingerprint density at radius 1 is 1.25 bits per heavy atom. The van der Waals surface area contributed by atoms with Crippen molar-refractivity contribution in [3.8, 4) is 0 Å². The molecule has 84 valence electrons. The number of carbonyl (C=O) groups is 1. The van der Waals surface area contributed by atoms with Crippen LogP contribution in [0.2, 0.25) is 0 Å². The topological polar surface area (TPSA) is 72.2 Å². The highest BCUT2D eigenvalue weighted by molar-refractivity contribution is 5.92. The molecule has 0 atom stereocenters. The van der Waals surface area contributed by atoms with Crippen molar-refractivity contribution in [2.75, 3.05) is 11.9 Å². The van der Waals surface area contributed by atoms with E-state index in [4.69, 9.17) is 0 Å². The first-order valence-electron chi connectivity index (χ1n) is 5.20. The average Bonchev–Trinajstić information content (AvgIpc) is 2.91. The van der Waals surface area contributed by atoms with Crippen LogP contribution in [0.15, 0.2) is 18.2 Å². The number of rotatable bonds is 1. The maximum absolute atomic E-state index is 10.4. The predicted octanol–water partition coefficient (Wildman–Crippen LogP) is 1.91. The van der Waals surface area contributed by atoms with E-state index in [9.17, 15) is 14.9 Å². The van der Waals surface area contributed by atoms with Gasteiger partial charge in [0, 0.05) is 37.2 Å². The number of non-ortho nitro benzene ring substituents is 1. The van der Waals surface area contributed by atoms with Gasteiger partial charge >= 0.3 is 0 Å². The van der Waals surface area contributed by atoms with Crippen LogP contribution in [0.25, 0.3) is 0 Å². The van der Waals surface area contributed by atoms with Gasteiger partial charge in [0.1, 0.15) is 5.78 Å². The van der Waals surface area contributed by atoms with Crippen molar-refractivity contribution in [1.82, 2.24) is 0 Å². The molecular formula is C11H12N2O3. The molecule has 1 N–H and O–H groups in total. The van der Waals surface area contributed by atoms with Gasteiger partial charge in [-0.2, -0.15) is 0 Å². The Hall–Kier alpha value is -1.91. The summed E-state index contributed by atoms with van der Waals surface area (Å²) in [6.45, 7) is 0.885. The lowest BCUT2D eigenvalue weighted by Crippen LogP contribution is -1.90. The number of hydrogen-bond acceptors (Lipinski definition) is 4. The summed E-state index contributed by atoms with van der Waals surface area (Å²) < 4.78 is 0. The third kappa shape index (κ3) is 2.56. The zero-order chi connectivity index (χ0) is 11.5. The monoisotopic (exact) mass is 220 g/mol. The molecule has 5 heteroatoms. The Morgan fingerprint density at radius 2 is 1.94 bits per heavy atom. The van der Waals surface area contributed by atoms with Crippen LogP contribution in [0.3, 0.4) is 0 Å². The van der Waals surface area contributed by atoms with Crippen LogP contribution in [0.5, 0.6) is 0 Å². The maximum Gasteiger partial charge on any atom is 0.269 e. The molecule has 1 heterocycles. The van der Waals surface area contributed by atoms with Crippen molar-refractivity contribution in [2.45, 2.75) is 19.3 Å². The molecule has 1 fully saturated rings. The summed E-state index contributed by atoms with van der Waals surface area (Å²) in [5, 5.41) is 13.5. The van der Waals surface area contributed by atoms with Crippen LogP contribution < -0.4 is 5.32 Å². The number of anilines is 1. The molecule has 0 aromatic heterocycles. The van der Waals surface area contributed by atoms with Crippen LogP contribution in [0.1, 0.15) is 18.4 Å². The van der Waals surface area contributed by atoms with Gasteiger partial charge in [0.05, 0.1) is 4.92 Å². The van der Waals surface area contributed by atoms with Gasteiger partial charge in [-0.15, -0.1) is 0 Å². The fraction of sp³-hybridized carbons (Fsp3) is 0.364. The van der Waals surface area contributed by atoms with E-state index < -0.39 is 0 Å². The van der Waals surface area contributed by atoms with Crippen LogP contribution in [0.4, 0.5) is 11.4 Å². The zero-order valence-electron chi connectivity index (χ0n) is 8.73. The minimum absolute atomic E-state index is 0.178. The van der Waals surface area contributed by atoms with Crippen LogP contribution >= 0.6 is 0 Å². The van der Waals surface area contributed by atoms with E-state index in [2.05, 4.69) is 5.32 Å². The number of nitro groups is 1. The summed E-state index contributed by atoms with van der Waals surface area (Å²) >= 11 is 0. The average molecular weight is 220 g/mol. The molecule has 5 nitrogen and oxygen atoms in total. The minimum Gasteiger partial charge on any atom is -0.384 e. The molecule has 1 aliphatic heterocycles. The van der Waals surface area contributed by atoms with E-state index in [1.165, 1.54) is 6.07 Å². The van der Waals surface area contributed by atoms with E-state index >= 15 is 0 Å². The Bertz CT molecular complexity index is 437. The molecule has 0 unspecified atom stereocenters. The zero-order valence-corrected chi connectivity index (χ0v) is 8.73. The second kappa shape index (κ2) is 4.30.